The fraction of sp³-hybridized carbons (Fsp3) is 0.238. The molecule has 31 heavy (non-hydrogen) atoms. The quantitative estimate of drug-likeness (QED) is 0.602. The molecule has 0 atom stereocenters. The van der Waals surface area contributed by atoms with Gasteiger partial charge >= 0.3 is 0 Å². The number of sulfonamides is 1. The Kier molecular flexibility index (Phi) is 5.84. The van der Waals surface area contributed by atoms with Gasteiger partial charge in [0.2, 0.25) is 15.9 Å². The summed E-state index contributed by atoms with van der Waals surface area (Å²) in [5.41, 5.74) is 1.61. The minimum Gasteiger partial charge on any atom is -0.340 e. The third-order valence-electron chi connectivity index (χ3n) is 5.12. The lowest BCUT2D eigenvalue weighted by Gasteiger charge is -2.34. The SMILES string of the molecule is O=C(Cc1cnn(-c2ccccc2)c1)N1CCN(S(=O)(=O)c2c(F)cccc2F)CC1. The van der Waals surface area contributed by atoms with E-state index in [1.807, 2.05) is 30.3 Å². The first-order valence-corrected chi connectivity index (χ1v) is 11.1. The highest BCUT2D eigenvalue weighted by Gasteiger charge is 2.34. The van der Waals surface area contributed by atoms with Gasteiger partial charge in [-0.2, -0.15) is 9.40 Å². The fourth-order valence-corrected chi connectivity index (χ4v) is 5.03. The summed E-state index contributed by atoms with van der Waals surface area (Å²) in [6.07, 6.45) is 3.52. The van der Waals surface area contributed by atoms with Crippen LogP contribution in [0.5, 0.6) is 0 Å². The van der Waals surface area contributed by atoms with Crippen LogP contribution in [0.3, 0.4) is 0 Å². The van der Waals surface area contributed by atoms with Gasteiger partial charge in [0.15, 0.2) is 4.90 Å². The number of aromatic nitrogens is 2. The summed E-state index contributed by atoms with van der Waals surface area (Å²) in [6.45, 7) is 0.207. The van der Waals surface area contributed by atoms with Crippen molar-refractivity contribution in [1.29, 1.82) is 0 Å². The molecule has 0 N–H and O–H groups in total. The van der Waals surface area contributed by atoms with Crippen molar-refractivity contribution < 1.29 is 22.0 Å². The smallest absolute Gasteiger partial charge is 0.249 e. The average molecular weight is 446 g/mol. The molecule has 1 saturated heterocycles. The lowest BCUT2D eigenvalue weighted by Crippen LogP contribution is -2.51. The molecule has 0 unspecified atom stereocenters. The monoisotopic (exact) mass is 446 g/mol. The summed E-state index contributed by atoms with van der Waals surface area (Å²) < 4.78 is 55.9. The first-order valence-electron chi connectivity index (χ1n) is 9.67. The molecule has 1 aliphatic heterocycles. The van der Waals surface area contributed by atoms with E-state index >= 15 is 0 Å². The second-order valence-electron chi connectivity index (χ2n) is 7.14. The number of halogens is 2. The van der Waals surface area contributed by atoms with Crippen molar-refractivity contribution in [3.63, 3.8) is 0 Å². The van der Waals surface area contributed by atoms with E-state index in [-0.39, 0.29) is 38.5 Å². The minimum absolute atomic E-state index is 0.0366. The van der Waals surface area contributed by atoms with Crippen LogP contribution in [-0.4, -0.2) is 59.5 Å². The van der Waals surface area contributed by atoms with Crippen LogP contribution in [0.15, 0.2) is 65.8 Å². The zero-order valence-electron chi connectivity index (χ0n) is 16.5. The number of amides is 1. The van der Waals surface area contributed by atoms with Gasteiger partial charge in [0.05, 0.1) is 18.3 Å². The van der Waals surface area contributed by atoms with Gasteiger partial charge in [-0.1, -0.05) is 24.3 Å². The number of nitrogens with zero attached hydrogens (tertiary/aromatic N) is 4. The molecule has 7 nitrogen and oxygen atoms in total. The Morgan fingerprint density at radius 3 is 2.23 bits per heavy atom. The first kappa shape index (κ1) is 21.1. The van der Waals surface area contributed by atoms with Crippen molar-refractivity contribution in [2.24, 2.45) is 0 Å². The number of carbonyl (C=O) groups is 1. The van der Waals surface area contributed by atoms with Crippen molar-refractivity contribution in [2.75, 3.05) is 26.2 Å². The zero-order valence-corrected chi connectivity index (χ0v) is 17.3. The molecule has 2 aromatic carbocycles. The molecule has 1 aliphatic rings. The van der Waals surface area contributed by atoms with Gasteiger partial charge in [-0.3, -0.25) is 4.79 Å². The molecule has 0 saturated carbocycles. The Morgan fingerprint density at radius 1 is 0.935 bits per heavy atom. The van der Waals surface area contributed by atoms with E-state index in [1.54, 1.807) is 22.0 Å². The van der Waals surface area contributed by atoms with Gasteiger partial charge in [-0.15, -0.1) is 0 Å². The van der Waals surface area contributed by atoms with Crippen molar-refractivity contribution in [2.45, 2.75) is 11.3 Å². The summed E-state index contributed by atoms with van der Waals surface area (Å²) >= 11 is 0. The highest BCUT2D eigenvalue weighted by Crippen LogP contribution is 2.23. The lowest BCUT2D eigenvalue weighted by atomic mass is 10.2. The first-order chi connectivity index (χ1) is 14.9. The molecule has 4 rings (SSSR count). The largest absolute Gasteiger partial charge is 0.340 e. The van der Waals surface area contributed by atoms with Crippen LogP contribution in [0.1, 0.15) is 5.56 Å². The molecule has 2 heterocycles. The molecule has 0 aliphatic carbocycles. The number of carbonyl (C=O) groups excluding carboxylic acids is 1. The molecule has 0 bridgehead atoms. The van der Waals surface area contributed by atoms with Crippen LogP contribution < -0.4 is 0 Å². The topological polar surface area (TPSA) is 75.5 Å². The number of piperazine rings is 1. The Balaban J connectivity index is 1.39. The highest BCUT2D eigenvalue weighted by molar-refractivity contribution is 7.89. The van der Waals surface area contributed by atoms with E-state index < -0.39 is 26.6 Å². The van der Waals surface area contributed by atoms with Crippen molar-refractivity contribution >= 4 is 15.9 Å². The predicted octanol–water partition coefficient (Wildman–Crippen LogP) is 2.23. The Morgan fingerprint density at radius 2 is 1.58 bits per heavy atom. The molecule has 0 radical (unpaired) electrons. The van der Waals surface area contributed by atoms with Gasteiger partial charge in [0.25, 0.3) is 0 Å². The van der Waals surface area contributed by atoms with Gasteiger partial charge in [0.1, 0.15) is 11.6 Å². The second-order valence-corrected chi connectivity index (χ2v) is 9.02. The summed E-state index contributed by atoms with van der Waals surface area (Å²) in [5.74, 6) is -2.43. The van der Waals surface area contributed by atoms with E-state index in [4.69, 9.17) is 0 Å². The normalized spacial score (nSPS) is 15.2. The zero-order chi connectivity index (χ0) is 22.0. The Hall–Kier alpha value is -3.11. The number of benzene rings is 2. The fourth-order valence-electron chi connectivity index (χ4n) is 3.50. The minimum atomic E-state index is -4.33. The van der Waals surface area contributed by atoms with Gasteiger partial charge in [-0.25, -0.2) is 21.9 Å². The summed E-state index contributed by atoms with van der Waals surface area (Å²) in [6, 6.07) is 12.4. The van der Waals surface area contributed by atoms with Gasteiger partial charge < -0.3 is 4.90 Å². The van der Waals surface area contributed by atoms with Crippen LogP contribution in [-0.2, 0) is 21.2 Å². The van der Waals surface area contributed by atoms with Crippen molar-refractivity contribution in [1.82, 2.24) is 19.0 Å². The molecule has 0 spiro atoms. The highest BCUT2D eigenvalue weighted by atomic mass is 32.2. The van der Waals surface area contributed by atoms with Crippen LogP contribution in [0.2, 0.25) is 0 Å². The maximum Gasteiger partial charge on any atom is 0.249 e. The van der Waals surface area contributed by atoms with Crippen molar-refractivity contribution in [3.05, 3.63) is 78.1 Å². The van der Waals surface area contributed by atoms with E-state index in [1.165, 1.54) is 0 Å². The number of para-hydroxylation sites is 1. The Bertz CT molecular complexity index is 1170. The summed E-state index contributed by atoms with van der Waals surface area (Å²) in [7, 11) is -4.33. The number of hydrogen-bond donors (Lipinski definition) is 0. The molecular weight excluding hydrogens is 426 g/mol. The number of rotatable bonds is 5. The Labute approximate surface area is 178 Å². The van der Waals surface area contributed by atoms with Crippen LogP contribution >= 0.6 is 0 Å². The van der Waals surface area contributed by atoms with Crippen LogP contribution in [0, 0.1) is 11.6 Å². The maximum atomic E-state index is 14.0. The molecule has 162 valence electrons. The van der Waals surface area contributed by atoms with E-state index in [2.05, 4.69) is 5.10 Å². The lowest BCUT2D eigenvalue weighted by molar-refractivity contribution is -0.131. The average Bonchev–Trinajstić information content (AvgIpc) is 3.22. The number of hydrogen-bond acceptors (Lipinski definition) is 4. The summed E-state index contributed by atoms with van der Waals surface area (Å²) in [4.78, 5) is 13.2. The van der Waals surface area contributed by atoms with E-state index in [9.17, 15) is 22.0 Å². The molecule has 10 heteroatoms. The molecule has 1 fully saturated rings. The van der Waals surface area contributed by atoms with Crippen LogP contribution in [0.4, 0.5) is 8.78 Å². The predicted molar refractivity (Wildman–Crippen MR) is 109 cm³/mol. The molecule has 1 amide bonds. The van der Waals surface area contributed by atoms with Gasteiger partial charge in [-0.05, 0) is 29.8 Å². The standard InChI is InChI=1S/C21H20F2N4O3S/c22-18-7-4-8-19(23)21(18)31(29,30)26-11-9-25(10-12-26)20(28)13-16-14-24-27(15-16)17-5-2-1-3-6-17/h1-8,14-15H,9-13H2. The molecular formula is C21H20F2N4O3S. The van der Waals surface area contributed by atoms with E-state index in [0.29, 0.717) is 0 Å². The maximum absolute atomic E-state index is 14.0. The van der Waals surface area contributed by atoms with Crippen LogP contribution in [0.25, 0.3) is 5.69 Å². The van der Waals surface area contributed by atoms with E-state index in [0.717, 1.165) is 33.8 Å². The van der Waals surface area contributed by atoms with Gasteiger partial charge in [0, 0.05) is 32.4 Å². The van der Waals surface area contributed by atoms with Crippen molar-refractivity contribution in [3.8, 4) is 5.69 Å². The third kappa shape index (κ3) is 4.35. The third-order valence-corrected chi connectivity index (χ3v) is 7.07. The summed E-state index contributed by atoms with van der Waals surface area (Å²) in [5, 5.41) is 4.27. The molecule has 1 aromatic heterocycles. The molecule has 3 aromatic rings. The second kappa shape index (κ2) is 8.56.